The molecule has 1 aromatic heterocycles. The Morgan fingerprint density at radius 1 is 0.821 bits per heavy atom. The first kappa shape index (κ1) is 37.6. The summed E-state index contributed by atoms with van der Waals surface area (Å²) >= 11 is 1.40. The van der Waals surface area contributed by atoms with Crippen molar-refractivity contribution in [2.45, 2.75) is 44.2 Å². The number of amides is 1. The van der Waals surface area contributed by atoms with Crippen molar-refractivity contribution in [1.29, 1.82) is 0 Å². The summed E-state index contributed by atoms with van der Waals surface area (Å²) in [6.07, 6.45) is 3.84. The summed E-state index contributed by atoms with van der Waals surface area (Å²) in [5.41, 5.74) is 9.04. The van der Waals surface area contributed by atoms with Gasteiger partial charge in [-0.15, -0.1) is 11.3 Å². The lowest BCUT2D eigenvalue weighted by Crippen LogP contribution is -2.34. The molecule has 292 valence electrons. The van der Waals surface area contributed by atoms with Crippen molar-refractivity contribution in [3.05, 3.63) is 111 Å². The van der Waals surface area contributed by atoms with Crippen molar-refractivity contribution < 1.29 is 33.2 Å². The van der Waals surface area contributed by atoms with Crippen molar-refractivity contribution >= 4 is 17.2 Å². The van der Waals surface area contributed by atoms with Crippen LogP contribution in [0.4, 0.5) is 0 Å². The fourth-order valence-corrected chi connectivity index (χ4v) is 8.63. The molecule has 2 unspecified atom stereocenters. The highest BCUT2D eigenvalue weighted by Gasteiger charge is 2.35. The number of carbonyl (C=O) groups excluding carboxylic acids is 1. The van der Waals surface area contributed by atoms with E-state index in [4.69, 9.17) is 28.4 Å². The number of hydrogen-bond donors (Lipinski definition) is 1. The maximum atomic E-state index is 12.4. The Balaban J connectivity index is 1.19. The molecule has 0 spiro atoms. The molecule has 0 aliphatic carbocycles. The van der Waals surface area contributed by atoms with Crippen LogP contribution >= 0.6 is 11.3 Å². The van der Waals surface area contributed by atoms with Crippen LogP contribution in [0.15, 0.2) is 71.6 Å². The van der Waals surface area contributed by atoms with Crippen molar-refractivity contribution in [3.8, 4) is 46.0 Å². The van der Waals surface area contributed by atoms with Crippen LogP contribution in [-0.2, 0) is 25.7 Å². The van der Waals surface area contributed by atoms with Crippen molar-refractivity contribution in [2.75, 3.05) is 61.7 Å². The summed E-state index contributed by atoms with van der Waals surface area (Å²) in [5.74, 6) is 4.93. The number of likely N-dealkylation sites (N-methyl/N-ethyl adjacent to an activating group) is 2. The molecule has 0 fully saturated rings. The third-order valence-corrected chi connectivity index (χ3v) is 11.7. The minimum atomic E-state index is -0.184. The summed E-state index contributed by atoms with van der Waals surface area (Å²) in [6, 6.07) is 21.0. The number of thiazole rings is 1. The van der Waals surface area contributed by atoms with Gasteiger partial charge in [0.2, 0.25) is 5.75 Å². The Kier molecular flexibility index (Phi) is 11.0. The SMILES string of the molecule is COc1cc2c3cc1Oc1c(OC)c(OC)cc4c1C(Cc1ccc(OCCCNC(=O)c5cscn5)c(c1)Oc1ccc(cc1)CC3N(C)CC2)N(C)CC4. The average molecular weight is 777 g/mol. The summed E-state index contributed by atoms with van der Waals surface area (Å²) in [7, 11) is 9.37. The molecular weight excluding hydrogens is 729 g/mol. The van der Waals surface area contributed by atoms with E-state index in [9.17, 15) is 4.79 Å². The van der Waals surface area contributed by atoms with Gasteiger partial charge in [0.15, 0.2) is 34.5 Å². The summed E-state index contributed by atoms with van der Waals surface area (Å²) in [6.45, 7) is 2.66. The number of aromatic nitrogens is 1. The van der Waals surface area contributed by atoms with Crippen LogP contribution in [-0.4, -0.2) is 82.4 Å². The molecule has 0 radical (unpaired) electrons. The van der Waals surface area contributed by atoms with Crippen LogP contribution < -0.4 is 33.7 Å². The molecule has 56 heavy (non-hydrogen) atoms. The van der Waals surface area contributed by atoms with E-state index in [0.717, 1.165) is 54.8 Å². The van der Waals surface area contributed by atoms with Gasteiger partial charge < -0.3 is 33.7 Å². The lowest BCUT2D eigenvalue weighted by atomic mass is 9.87. The largest absolute Gasteiger partial charge is 0.493 e. The number of methoxy groups -OCH3 is 3. The van der Waals surface area contributed by atoms with E-state index in [0.29, 0.717) is 71.9 Å². The second kappa shape index (κ2) is 16.4. The predicted octanol–water partition coefficient (Wildman–Crippen LogP) is 7.81. The van der Waals surface area contributed by atoms with Gasteiger partial charge in [-0.3, -0.25) is 14.6 Å². The first-order valence-electron chi connectivity index (χ1n) is 19.1. The van der Waals surface area contributed by atoms with Crippen LogP contribution in [0.3, 0.4) is 0 Å². The summed E-state index contributed by atoms with van der Waals surface area (Å²) < 4.78 is 38.0. The number of nitrogens with one attached hydrogen (secondary N) is 1. The highest BCUT2D eigenvalue weighted by atomic mass is 32.1. The van der Waals surface area contributed by atoms with Gasteiger partial charge in [0, 0.05) is 42.7 Å². The van der Waals surface area contributed by atoms with Crippen molar-refractivity contribution in [3.63, 3.8) is 0 Å². The van der Waals surface area contributed by atoms with Gasteiger partial charge in [0.05, 0.1) is 33.4 Å². The average Bonchev–Trinajstić information content (AvgIpc) is 3.76. The molecular formula is C44H48N4O7S. The van der Waals surface area contributed by atoms with E-state index < -0.39 is 0 Å². The van der Waals surface area contributed by atoms with Gasteiger partial charge in [-0.05, 0) is 116 Å². The molecule has 1 N–H and O–H groups in total. The second-order valence-electron chi connectivity index (χ2n) is 14.6. The Morgan fingerprint density at radius 3 is 2.29 bits per heavy atom. The molecule has 12 heteroatoms. The number of fused-ring (bicyclic) bond motifs is 2. The number of benzene rings is 4. The van der Waals surface area contributed by atoms with E-state index in [2.05, 4.69) is 76.7 Å². The highest BCUT2D eigenvalue weighted by molar-refractivity contribution is 7.07. The molecule has 4 aliphatic heterocycles. The summed E-state index contributed by atoms with van der Waals surface area (Å²) in [5, 5.41) is 4.66. The zero-order chi connectivity index (χ0) is 38.8. The molecule has 0 saturated heterocycles. The normalized spacial score (nSPS) is 17.7. The first-order valence-corrected chi connectivity index (χ1v) is 20.0. The standard InChI is InChI=1S/C44H48N4O7S/c1-47-16-13-29-22-37(50-3)39-24-32(29)34(47)19-27-7-10-31(11-8-27)54-38-21-28(9-12-36(38)53-18-6-15-45-44(49)33-25-56-26-46-33)20-35-41-30(14-17-48(35)2)23-40(51-4)42(52-5)43(41)55-39/h7-12,21-26,34-35H,6,13-20H2,1-5H3,(H,45,49). The molecule has 1 amide bonds. The number of ether oxygens (including phenoxy) is 6. The van der Waals surface area contributed by atoms with Crippen LogP contribution in [0.1, 0.15) is 62.4 Å². The molecule has 9 rings (SSSR count). The number of rotatable bonds is 9. The molecule has 5 heterocycles. The van der Waals surface area contributed by atoms with Gasteiger partial charge in [0.1, 0.15) is 11.4 Å². The molecule has 4 aromatic carbocycles. The smallest absolute Gasteiger partial charge is 0.270 e. The third kappa shape index (κ3) is 7.61. The summed E-state index contributed by atoms with van der Waals surface area (Å²) in [4.78, 5) is 21.2. The Bertz CT molecular complexity index is 2190. The van der Waals surface area contributed by atoms with Crippen LogP contribution in [0, 0.1) is 0 Å². The van der Waals surface area contributed by atoms with E-state index in [1.54, 1.807) is 32.2 Å². The molecule has 2 atom stereocenters. The lowest BCUT2D eigenvalue weighted by Gasteiger charge is -2.37. The number of carbonyl (C=O) groups is 1. The fraction of sp³-hybridized carbons (Fsp3) is 0.364. The molecule has 4 aliphatic rings. The minimum Gasteiger partial charge on any atom is -0.493 e. The molecule has 11 nitrogen and oxygen atoms in total. The van der Waals surface area contributed by atoms with E-state index in [1.165, 1.54) is 28.0 Å². The zero-order valence-electron chi connectivity index (χ0n) is 32.6. The monoisotopic (exact) mass is 776 g/mol. The van der Waals surface area contributed by atoms with Gasteiger partial charge >= 0.3 is 0 Å². The highest BCUT2D eigenvalue weighted by Crippen LogP contribution is 2.52. The molecule has 6 bridgehead atoms. The van der Waals surface area contributed by atoms with Crippen LogP contribution in [0.5, 0.6) is 46.0 Å². The van der Waals surface area contributed by atoms with E-state index in [1.807, 2.05) is 18.2 Å². The van der Waals surface area contributed by atoms with Crippen LogP contribution in [0.2, 0.25) is 0 Å². The van der Waals surface area contributed by atoms with E-state index >= 15 is 0 Å². The van der Waals surface area contributed by atoms with Crippen molar-refractivity contribution in [2.24, 2.45) is 0 Å². The maximum Gasteiger partial charge on any atom is 0.270 e. The van der Waals surface area contributed by atoms with Gasteiger partial charge in [-0.2, -0.15) is 0 Å². The fourth-order valence-electron chi connectivity index (χ4n) is 8.10. The predicted molar refractivity (Wildman–Crippen MR) is 216 cm³/mol. The van der Waals surface area contributed by atoms with Gasteiger partial charge in [-0.1, -0.05) is 18.2 Å². The topological polar surface area (TPSA) is 104 Å². The minimum absolute atomic E-state index is 0.0600. The molecule has 5 aromatic rings. The van der Waals surface area contributed by atoms with E-state index in [-0.39, 0.29) is 18.0 Å². The maximum absolute atomic E-state index is 12.4. The van der Waals surface area contributed by atoms with Crippen LogP contribution in [0.25, 0.3) is 0 Å². The Labute approximate surface area is 332 Å². The number of nitrogens with zero attached hydrogens (tertiary/aromatic N) is 3. The quantitative estimate of drug-likeness (QED) is 0.149. The second-order valence-corrected chi connectivity index (χ2v) is 15.3. The molecule has 0 saturated carbocycles. The first-order chi connectivity index (χ1) is 27.3. The van der Waals surface area contributed by atoms with Gasteiger partial charge in [0.25, 0.3) is 5.91 Å². The Morgan fingerprint density at radius 2 is 1.54 bits per heavy atom. The third-order valence-electron chi connectivity index (χ3n) is 11.2. The number of hydrogen-bond acceptors (Lipinski definition) is 11. The van der Waals surface area contributed by atoms with Crippen molar-refractivity contribution in [1.82, 2.24) is 20.1 Å². The Hall–Kier alpha value is -5.30. The van der Waals surface area contributed by atoms with Gasteiger partial charge in [-0.25, -0.2) is 4.98 Å². The lowest BCUT2D eigenvalue weighted by molar-refractivity contribution is 0.0947. The zero-order valence-corrected chi connectivity index (χ0v) is 33.4.